The lowest BCUT2D eigenvalue weighted by Crippen LogP contribution is -2.33. The molecular weight excluding hydrogens is 340 g/mol. The van der Waals surface area contributed by atoms with Crippen LogP contribution in [0, 0.1) is 5.92 Å². The maximum absolute atomic E-state index is 6.04. The van der Waals surface area contributed by atoms with E-state index in [4.69, 9.17) is 21.1 Å². The summed E-state index contributed by atoms with van der Waals surface area (Å²) in [4.78, 5) is 0. The SMILES string of the molecule is COc1ccc2c(c1OC)C(C)(CCCCl)SC(C1CCCC1)C2. The summed E-state index contributed by atoms with van der Waals surface area (Å²) in [6.45, 7) is 2.38. The highest BCUT2D eigenvalue weighted by molar-refractivity contribution is 8.00. The molecule has 24 heavy (non-hydrogen) atoms. The van der Waals surface area contributed by atoms with Crippen LogP contribution < -0.4 is 9.47 Å². The van der Waals surface area contributed by atoms with Gasteiger partial charge in [-0.25, -0.2) is 0 Å². The van der Waals surface area contributed by atoms with Crippen molar-refractivity contribution in [2.45, 2.75) is 61.9 Å². The van der Waals surface area contributed by atoms with Gasteiger partial charge in [0.05, 0.1) is 14.2 Å². The molecule has 2 atom stereocenters. The molecular formula is C20H29ClO2S. The minimum atomic E-state index is 0.0512. The van der Waals surface area contributed by atoms with Gasteiger partial charge in [-0.1, -0.05) is 18.9 Å². The average molecular weight is 369 g/mol. The summed E-state index contributed by atoms with van der Waals surface area (Å²) >= 11 is 8.21. The second-order valence-electron chi connectivity index (χ2n) is 7.26. The lowest BCUT2D eigenvalue weighted by atomic mass is 9.85. The Balaban J connectivity index is 2.02. The molecule has 1 fully saturated rings. The van der Waals surface area contributed by atoms with Crippen LogP contribution in [0.5, 0.6) is 11.5 Å². The monoisotopic (exact) mass is 368 g/mol. The molecule has 1 aliphatic heterocycles. The van der Waals surface area contributed by atoms with Crippen LogP contribution in [0.15, 0.2) is 12.1 Å². The second kappa shape index (κ2) is 7.78. The van der Waals surface area contributed by atoms with Gasteiger partial charge in [0.25, 0.3) is 0 Å². The van der Waals surface area contributed by atoms with E-state index in [1.54, 1.807) is 14.2 Å². The summed E-state index contributed by atoms with van der Waals surface area (Å²) in [6.07, 6.45) is 8.86. The van der Waals surface area contributed by atoms with Crippen LogP contribution in [-0.2, 0) is 11.2 Å². The van der Waals surface area contributed by atoms with Gasteiger partial charge < -0.3 is 9.47 Å². The Bertz CT molecular complexity index is 571. The molecule has 0 radical (unpaired) electrons. The maximum Gasteiger partial charge on any atom is 0.165 e. The molecule has 2 nitrogen and oxygen atoms in total. The fraction of sp³-hybridized carbons (Fsp3) is 0.700. The molecule has 134 valence electrons. The highest BCUT2D eigenvalue weighted by atomic mass is 35.5. The number of hydrogen-bond donors (Lipinski definition) is 0. The van der Waals surface area contributed by atoms with E-state index in [1.165, 1.54) is 36.8 Å². The number of rotatable bonds is 6. The standard InChI is InChI=1S/C20H29ClO2S/c1-20(11-6-12-21)18-15(9-10-16(22-2)19(18)23-3)13-17(24-20)14-7-4-5-8-14/h9-10,14,17H,4-8,11-13H2,1-3H3. The highest BCUT2D eigenvalue weighted by Crippen LogP contribution is 2.56. The Morgan fingerprint density at radius 1 is 1.21 bits per heavy atom. The third kappa shape index (κ3) is 3.39. The summed E-state index contributed by atoms with van der Waals surface area (Å²) in [5, 5.41) is 0.721. The number of halogens is 1. The molecule has 0 aromatic heterocycles. The first-order valence-corrected chi connectivity index (χ1v) is 10.5. The fourth-order valence-corrected chi connectivity index (χ4v) is 6.68. The molecule has 1 heterocycles. The molecule has 3 rings (SSSR count). The first-order chi connectivity index (χ1) is 11.6. The zero-order valence-electron chi connectivity index (χ0n) is 15.1. The van der Waals surface area contributed by atoms with Crippen LogP contribution in [0.2, 0.25) is 0 Å². The molecule has 0 saturated heterocycles. The van der Waals surface area contributed by atoms with Crippen LogP contribution in [0.3, 0.4) is 0 Å². The van der Waals surface area contributed by atoms with E-state index in [0.717, 1.165) is 41.9 Å². The summed E-state index contributed by atoms with van der Waals surface area (Å²) in [5.41, 5.74) is 2.79. The van der Waals surface area contributed by atoms with Crippen molar-refractivity contribution in [1.82, 2.24) is 0 Å². The van der Waals surface area contributed by atoms with Crippen molar-refractivity contribution in [2.75, 3.05) is 20.1 Å². The zero-order chi connectivity index (χ0) is 17.2. The van der Waals surface area contributed by atoms with Crippen molar-refractivity contribution in [3.05, 3.63) is 23.3 Å². The van der Waals surface area contributed by atoms with E-state index >= 15 is 0 Å². The topological polar surface area (TPSA) is 18.5 Å². The third-order valence-corrected chi connectivity index (χ3v) is 7.76. The number of alkyl halides is 1. The molecule has 2 aliphatic rings. The van der Waals surface area contributed by atoms with E-state index < -0.39 is 0 Å². The van der Waals surface area contributed by atoms with Crippen molar-refractivity contribution in [2.24, 2.45) is 5.92 Å². The van der Waals surface area contributed by atoms with Gasteiger partial charge in [0, 0.05) is 21.4 Å². The zero-order valence-corrected chi connectivity index (χ0v) is 16.6. The summed E-state index contributed by atoms with van der Waals surface area (Å²) < 4.78 is 11.4. The van der Waals surface area contributed by atoms with E-state index in [-0.39, 0.29) is 4.75 Å². The lowest BCUT2D eigenvalue weighted by Gasteiger charge is -2.42. The molecule has 0 amide bonds. The number of thioether (sulfide) groups is 1. The van der Waals surface area contributed by atoms with Crippen LogP contribution in [0.25, 0.3) is 0 Å². The lowest BCUT2D eigenvalue weighted by molar-refractivity contribution is 0.345. The van der Waals surface area contributed by atoms with Crippen molar-refractivity contribution in [1.29, 1.82) is 0 Å². The maximum atomic E-state index is 6.04. The molecule has 0 bridgehead atoms. The number of methoxy groups -OCH3 is 2. The van der Waals surface area contributed by atoms with E-state index in [2.05, 4.69) is 30.8 Å². The number of ether oxygens (including phenoxy) is 2. The quantitative estimate of drug-likeness (QED) is 0.592. The number of fused-ring (bicyclic) bond motifs is 1. The average Bonchev–Trinajstić information content (AvgIpc) is 3.13. The molecule has 1 aliphatic carbocycles. The molecule has 0 N–H and O–H groups in total. The van der Waals surface area contributed by atoms with Crippen LogP contribution in [-0.4, -0.2) is 25.3 Å². The van der Waals surface area contributed by atoms with Gasteiger partial charge in [0.1, 0.15) is 0 Å². The van der Waals surface area contributed by atoms with Crippen molar-refractivity contribution >= 4 is 23.4 Å². The Hall–Kier alpha value is -0.540. The molecule has 4 heteroatoms. The van der Waals surface area contributed by atoms with Gasteiger partial charge in [0.15, 0.2) is 11.5 Å². The van der Waals surface area contributed by atoms with Crippen molar-refractivity contribution in [3.8, 4) is 11.5 Å². The Labute approximate surface area is 155 Å². The van der Waals surface area contributed by atoms with Crippen LogP contribution >= 0.6 is 23.4 Å². The Morgan fingerprint density at radius 3 is 2.58 bits per heavy atom. The van der Waals surface area contributed by atoms with Gasteiger partial charge in [-0.05, 0) is 56.6 Å². The van der Waals surface area contributed by atoms with Crippen molar-refractivity contribution in [3.63, 3.8) is 0 Å². The van der Waals surface area contributed by atoms with Gasteiger partial charge in [0.2, 0.25) is 0 Å². The highest BCUT2D eigenvalue weighted by Gasteiger charge is 2.42. The predicted octanol–water partition coefficient (Wildman–Crippen LogP) is 5.79. The molecule has 0 spiro atoms. The number of benzene rings is 1. The van der Waals surface area contributed by atoms with E-state index in [0.29, 0.717) is 5.88 Å². The van der Waals surface area contributed by atoms with Crippen LogP contribution in [0.4, 0.5) is 0 Å². The van der Waals surface area contributed by atoms with Gasteiger partial charge in [-0.2, -0.15) is 0 Å². The minimum absolute atomic E-state index is 0.0512. The molecule has 2 unspecified atom stereocenters. The van der Waals surface area contributed by atoms with Gasteiger partial charge >= 0.3 is 0 Å². The van der Waals surface area contributed by atoms with Gasteiger partial charge in [-0.3, -0.25) is 0 Å². The molecule has 1 aromatic rings. The smallest absolute Gasteiger partial charge is 0.165 e. The Kier molecular flexibility index (Phi) is 5.92. The fourth-order valence-electron chi connectivity index (χ4n) is 4.55. The molecule has 1 saturated carbocycles. The third-order valence-electron chi connectivity index (χ3n) is 5.71. The van der Waals surface area contributed by atoms with Gasteiger partial charge in [-0.15, -0.1) is 23.4 Å². The van der Waals surface area contributed by atoms with Crippen molar-refractivity contribution < 1.29 is 9.47 Å². The second-order valence-corrected chi connectivity index (χ2v) is 9.38. The number of hydrogen-bond acceptors (Lipinski definition) is 3. The summed E-state index contributed by atoms with van der Waals surface area (Å²) in [6, 6.07) is 4.33. The van der Waals surface area contributed by atoms with Crippen LogP contribution in [0.1, 0.15) is 56.6 Å². The first-order valence-electron chi connectivity index (χ1n) is 9.11. The predicted molar refractivity (Wildman–Crippen MR) is 104 cm³/mol. The largest absolute Gasteiger partial charge is 0.493 e. The summed E-state index contributed by atoms with van der Waals surface area (Å²) in [7, 11) is 3.48. The Morgan fingerprint density at radius 2 is 1.96 bits per heavy atom. The van der Waals surface area contributed by atoms with E-state index in [1.807, 2.05) is 0 Å². The normalized spacial score (nSPS) is 27.1. The minimum Gasteiger partial charge on any atom is -0.493 e. The summed E-state index contributed by atoms with van der Waals surface area (Å²) in [5.74, 6) is 3.34. The van der Waals surface area contributed by atoms with E-state index in [9.17, 15) is 0 Å². The molecule has 1 aromatic carbocycles. The first kappa shape index (κ1) is 18.3.